The normalized spacial score (nSPS) is 9.44. The SMILES string of the molecule is [B]c1cc(I)cnc1N. The van der Waals surface area contributed by atoms with E-state index >= 15 is 0 Å². The summed E-state index contributed by atoms with van der Waals surface area (Å²) in [5, 5.41) is 0. The molecule has 0 amide bonds. The first-order chi connectivity index (χ1) is 4.20. The molecule has 4 heteroatoms. The predicted octanol–water partition coefficient (Wildman–Crippen LogP) is 0.0622. The summed E-state index contributed by atoms with van der Waals surface area (Å²) in [6.45, 7) is 0. The molecule has 0 spiro atoms. The molecule has 2 nitrogen and oxygen atoms in total. The molecule has 44 valence electrons. The lowest BCUT2D eigenvalue weighted by Crippen LogP contribution is -2.11. The van der Waals surface area contributed by atoms with Gasteiger partial charge in [0.2, 0.25) is 0 Å². The molecule has 0 aliphatic heterocycles. The molecule has 0 aromatic carbocycles. The van der Waals surface area contributed by atoms with Crippen LogP contribution in [0.1, 0.15) is 0 Å². The average molecular weight is 230 g/mol. The molecule has 0 saturated carbocycles. The molecule has 1 rings (SSSR count). The van der Waals surface area contributed by atoms with E-state index in [0.29, 0.717) is 11.3 Å². The quantitative estimate of drug-likeness (QED) is 0.505. The Morgan fingerprint density at radius 1 is 1.67 bits per heavy atom. The first kappa shape index (κ1) is 6.86. The van der Waals surface area contributed by atoms with Gasteiger partial charge in [-0.2, -0.15) is 0 Å². The minimum atomic E-state index is 0.399. The van der Waals surface area contributed by atoms with Crippen LogP contribution in [0.5, 0.6) is 0 Å². The van der Waals surface area contributed by atoms with E-state index < -0.39 is 0 Å². The first-order valence-electron chi connectivity index (χ1n) is 2.36. The molecule has 2 N–H and O–H groups in total. The van der Waals surface area contributed by atoms with Crippen LogP contribution in [0, 0.1) is 3.57 Å². The summed E-state index contributed by atoms with van der Waals surface area (Å²) in [6.07, 6.45) is 1.67. The maximum atomic E-state index is 5.43. The van der Waals surface area contributed by atoms with E-state index in [9.17, 15) is 0 Å². The van der Waals surface area contributed by atoms with Crippen molar-refractivity contribution < 1.29 is 0 Å². The Morgan fingerprint density at radius 3 is 2.78 bits per heavy atom. The van der Waals surface area contributed by atoms with Crippen molar-refractivity contribution in [3.05, 3.63) is 15.8 Å². The molecule has 9 heavy (non-hydrogen) atoms. The molecule has 1 aromatic rings. The highest BCUT2D eigenvalue weighted by atomic mass is 127. The van der Waals surface area contributed by atoms with Crippen LogP contribution < -0.4 is 11.2 Å². The van der Waals surface area contributed by atoms with Crippen LogP contribution in [0.2, 0.25) is 0 Å². The van der Waals surface area contributed by atoms with E-state index in [2.05, 4.69) is 27.6 Å². The van der Waals surface area contributed by atoms with Crippen molar-refractivity contribution in [3.63, 3.8) is 0 Å². The fourth-order valence-corrected chi connectivity index (χ4v) is 0.940. The molecule has 0 aliphatic rings. The van der Waals surface area contributed by atoms with Crippen molar-refractivity contribution in [2.45, 2.75) is 0 Å². The summed E-state index contributed by atoms with van der Waals surface area (Å²) in [4.78, 5) is 3.82. The molecule has 1 aromatic heterocycles. The van der Waals surface area contributed by atoms with Crippen LogP contribution in [0.15, 0.2) is 12.3 Å². The largest absolute Gasteiger partial charge is 0.384 e. The minimum absolute atomic E-state index is 0.399. The van der Waals surface area contributed by atoms with Crippen molar-refractivity contribution in [2.24, 2.45) is 0 Å². The van der Waals surface area contributed by atoms with Gasteiger partial charge in [0.1, 0.15) is 13.7 Å². The van der Waals surface area contributed by atoms with Crippen molar-refractivity contribution in [1.82, 2.24) is 4.98 Å². The first-order valence-corrected chi connectivity index (χ1v) is 3.44. The zero-order valence-corrected chi connectivity index (χ0v) is 6.79. The van der Waals surface area contributed by atoms with Crippen LogP contribution in [-0.4, -0.2) is 12.8 Å². The molecule has 0 saturated heterocycles. The fourth-order valence-electron chi connectivity index (χ4n) is 0.466. The minimum Gasteiger partial charge on any atom is -0.384 e. The van der Waals surface area contributed by atoms with E-state index in [1.807, 2.05) is 0 Å². The second kappa shape index (κ2) is 2.55. The number of nitrogens with two attached hydrogens (primary N) is 1. The molecule has 0 atom stereocenters. The van der Waals surface area contributed by atoms with Crippen LogP contribution >= 0.6 is 22.6 Å². The highest BCUT2D eigenvalue weighted by Gasteiger charge is 1.92. The molecule has 0 fully saturated rings. The van der Waals surface area contributed by atoms with Gasteiger partial charge in [0, 0.05) is 9.77 Å². The third-order valence-electron chi connectivity index (χ3n) is 0.916. The van der Waals surface area contributed by atoms with Gasteiger partial charge in [0.25, 0.3) is 0 Å². The summed E-state index contributed by atoms with van der Waals surface area (Å²) >= 11 is 2.12. The summed E-state index contributed by atoms with van der Waals surface area (Å²) in [6, 6.07) is 1.78. The monoisotopic (exact) mass is 230 g/mol. The Bertz CT molecular complexity index is 226. The van der Waals surface area contributed by atoms with E-state index in [0.717, 1.165) is 3.57 Å². The van der Waals surface area contributed by atoms with Crippen LogP contribution in [0.4, 0.5) is 5.82 Å². The Balaban J connectivity index is 3.17. The molecule has 0 unspecified atom stereocenters. The lowest BCUT2D eigenvalue weighted by Gasteiger charge is -1.96. The lowest BCUT2D eigenvalue weighted by molar-refractivity contribution is 1.34. The molecule has 2 radical (unpaired) electrons. The van der Waals surface area contributed by atoms with Crippen molar-refractivity contribution in [1.29, 1.82) is 0 Å². The Morgan fingerprint density at radius 2 is 2.33 bits per heavy atom. The van der Waals surface area contributed by atoms with Gasteiger partial charge in [-0.15, -0.1) is 0 Å². The van der Waals surface area contributed by atoms with Gasteiger partial charge in [-0.3, -0.25) is 0 Å². The molecular weight excluding hydrogens is 226 g/mol. The zero-order valence-electron chi connectivity index (χ0n) is 4.63. The van der Waals surface area contributed by atoms with Gasteiger partial charge in [0.15, 0.2) is 0 Å². The second-order valence-corrected chi connectivity index (χ2v) is 2.87. The summed E-state index contributed by atoms with van der Waals surface area (Å²) in [5.41, 5.74) is 5.89. The van der Waals surface area contributed by atoms with Gasteiger partial charge >= 0.3 is 0 Å². The predicted molar refractivity (Wildman–Crippen MR) is 46.8 cm³/mol. The number of aromatic nitrogens is 1. The molecule has 0 aliphatic carbocycles. The lowest BCUT2D eigenvalue weighted by atomic mass is 9.98. The van der Waals surface area contributed by atoms with Gasteiger partial charge in [-0.05, 0) is 22.6 Å². The van der Waals surface area contributed by atoms with Crippen LogP contribution in [0.25, 0.3) is 0 Å². The second-order valence-electron chi connectivity index (χ2n) is 1.63. The van der Waals surface area contributed by atoms with E-state index in [4.69, 9.17) is 13.6 Å². The third-order valence-corrected chi connectivity index (χ3v) is 1.51. The molecular formula is C5H4BIN2. The Hall–Kier alpha value is -0.255. The standard InChI is InChI=1S/C5H4BIN2/c6-4-1-3(7)2-9-5(4)8/h1-2H,(H2,8,9). The summed E-state index contributed by atoms with van der Waals surface area (Å²) in [5.74, 6) is 0.399. The molecule has 1 heterocycles. The average Bonchev–Trinajstić information content (AvgIpc) is 1.80. The van der Waals surface area contributed by atoms with Crippen molar-refractivity contribution in [2.75, 3.05) is 5.73 Å². The number of anilines is 1. The Kier molecular flexibility index (Phi) is 1.95. The highest BCUT2D eigenvalue weighted by molar-refractivity contribution is 14.1. The number of hydrogen-bond acceptors (Lipinski definition) is 2. The maximum absolute atomic E-state index is 5.43. The number of hydrogen-bond donors (Lipinski definition) is 1. The van der Waals surface area contributed by atoms with Gasteiger partial charge in [-0.25, -0.2) is 4.98 Å². The van der Waals surface area contributed by atoms with Gasteiger partial charge in [0.05, 0.1) is 0 Å². The van der Waals surface area contributed by atoms with Crippen LogP contribution in [0.3, 0.4) is 0 Å². The van der Waals surface area contributed by atoms with Gasteiger partial charge in [-0.1, -0.05) is 11.5 Å². The Labute approximate surface area is 68.4 Å². The van der Waals surface area contributed by atoms with Crippen LogP contribution in [-0.2, 0) is 0 Å². The van der Waals surface area contributed by atoms with E-state index in [-0.39, 0.29) is 0 Å². The van der Waals surface area contributed by atoms with Crippen molar-refractivity contribution in [3.8, 4) is 0 Å². The van der Waals surface area contributed by atoms with E-state index in [1.165, 1.54) is 0 Å². The smallest absolute Gasteiger partial charge is 0.119 e. The number of nitrogens with zero attached hydrogens (tertiary/aromatic N) is 1. The number of pyridine rings is 1. The zero-order chi connectivity index (χ0) is 6.85. The maximum Gasteiger partial charge on any atom is 0.119 e. The third kappa shape index (κ3) is 1.57. The van der Waals surface area contributed by atoms with E-state index in [1.54, 1.807) is 12.3 Å². The highest BCUT2D eigenvalue weighted by Crippen LogP contribution is 2.00. The molecule has 0 bridgehead atoms. The topological polar surface area (TPSA) is 38.9 Å². The summed E-state index contributed by atoms with van der Waals surface area (Å²) < 4.78 is 0.999. The van der Waals surface area contributed by atoms with Gasteiger partial charge < -0.3 is 5.73 Å². The summed E-state index contributed by atoms with van der Waals surface area (Å²) in [7, 11) is 5.43. The number of halogens is 1. The number of nitrogen functional groups attached to an aromatic ring is 1. The number of rotatable bonds is 0. The fraction of sp³-hybridized carbons (Fsp3) is 0. The van der Waals surface area contributed by atoms with Crippen molar-refractivity contribution >= 4 is 41.7 Å².